The Bertz CT molecular complexity index is 81.7. The van der Waals surface area contributed by atoms with E-state index in [2.05, 4.69) is 18.0 Å². The largest absolute Gasteiger partial charge is 0.465 e. The van der Waals surface area contributed by atoms with Crippen LogP contribution in [0.25, 0.3) is 0 Å². The molecule has 0 spiro atoms. The Morgan fingerprint density at radius 2 is 2.00 bits per heavy atom. The molecule has 0 saturated heterocycles. The molecule has 0 saturated carbocycles. The maximum atomic E-state index is 8.78. The molecule has 0 aliphatic carbocycles. The van der Waals surface area contributed by atoms with E-state index in [0.717, 1.165) is 0 Å². The molecule has 0 aliphatic heterocycles. The fourth-order valence-electron chi connectivity index (χ4n) is 0. The topological polar surface area (TPSA) is 87.2 Å². The number of hydrogen-bond donors (Lipinski definition) is 3. The van der Waals surface area contributed by atoms with Crippen LogP contribution in [-0.4, -0.2) is 16.4 Å². The van der Waals surface area contributed by atoms with Crippen molar-refractivity contribution >= 4 is 23.5 Å². The summed E-state index contributed by atoms with van der Waals surface area (Å²) < 4.78 is 0. The van der Waals surface area contributed by atoms with Crippen LogP contribution in [0, 0.1) is 5.41 Å². The molecule has 0 rings (SSSR count). The summed E-state index contributed by atoms with van der Waals surface area (Å²) in [5.41, 5.74) is 4.03. The summed E-state index contributed by atoms with van der Waals surface area (Å²) in [5, 5.41) is 14.6. The van der Waals surface area contributed by atoms with Gasteiger partial charge in [0.1, 0.15) is 0 Å². The van der Waals surface area contributed by atoms with Gasteiger partial charge >= 0.3 is 6.09 Å². The highest BCUT2D eigenvalue weighted by Gasteiger charge is 1.65. The van der Waals surface area contributed by atoms with Crippen LogP contribution < -0.4 is 5.73 Å². The van der Waals surface area contributed by atoms with Gasteiger partial charge in [-0.05, 0) is 12.2 Å². The van der Waals surface area contributed by atoms with Crippen LogP contribution in [0.1, 0.15) is 0 Å². The lowest BCUT2D eigenvalue weighted by Gasteiger charge is -1.61. The molecule has 40 valence electrons. The molecule has 0 heterocycles. The number of nitrogens with two attached hydrogens (primary N) is 1. The number of carbonyl (C=O) groups is 1. The molecule has 0 fully saturated rings. The monoisotopic (exact) mass is 120 g/mol. The van der Waals surface area contributed by atoms with Crippen molar-refractivity contribution in [2.75, 3.05) is 0 Å². The zero-order valence-corrected chi connectivity index (χ0v) is 4.16. The third-order valence-electron chi connectivity index (χ3n) is 0. The molecule has 0 aromatic heterocycles. The fraction of sp³-hybridized carbons (Fsp3) is 0. The summed E-state index contributed by atoms with van der Waals surface area (Å²) in [6, 6.07) is 0. The van der Waals surface area contributed by atoms with E-state index in [0.29, 0.717) is 0 Å². The smallest absolute Gasteiger partial charge is 0.402 e. The number of rotatable bonds is 0. The van der Waals surface area contributed by atoms with Gasteiger partial charge in [-0.25, -0.2) is 10.2 Å². The first-order chi connectivity index (χ1) is 3.15. The Morgan fingerprint density at radius 1 is 2.00 bits per heavy atom. The minimum Gasteiger partial charge on any atom is -0.465 e. The van der Waals surface area contributed by atoms with Gasteiger partial charge in [-0.15, -0.1) is 0 Å². The van der Waals surface area contributed by atoms with Gasteiger partial charge in [0.05, 0.1) is 5.16 Å². The number of primary amides is 1. The zero-order valence-electron chi connectivity index (χ0n) is 3.34. The van der Waals surface area contributed by atoms with E-state index in [4.69, 9.17) is 15.3 Å². The first-order valence-electron chi connectivity index (χ1n) is 1.17. The highest BCUT2D eigenvalue weighted by molar-refractivity contribution is 7.78. The van der Waals surface area contributed by atoms with Crippen LogP contribution in [0.15, 0.2) is 0 Å². The second-order valence-electron chi connectivity index (χ2n) is 0.440. The van der Waals surface area contributed by atoms with Crippen LogP contribution in [0.5, 0.6) is 0 Å². The first-order valence-corrected chi connectivity index (χ1v) is 1.58. The van der Waals surface area contributed by atoms with E-state index >= 15 is 0 Å². The van der Waals surface area contributed by atoms with Crippen molar-refractivity contribution in [2.45, 2.75) is 0 Å². The zero-order chi connectivity index (χ0) is 6.28. The van der Waals surface area contributed by atoms with Crippen LogP contribution >= 0.6 is 12.2 Å². The normalized spacial score (nSPS) is 4.57. The average Bonchev–Trinajstić information content (AvgIpc) is 1.33. The van der Waals surface area contributed by atoms with Gasteiger partial charge in [0, 0.05) is 0 Å². The molecule has 0 bridgehead atoms. The van der Waals surface area contributed by atoms with E-state index < -0.39 is 6.09 Å². The number of carboxylic acid groups (broad SMARTS) is 1. The Balaban J connectivity index is 0. The fourth-order valence-corrected chi connectivity index (χ4v) is 0. The molecule has 7 heavy (non-hydrogen) atoms. The Hall–Kier alpha value is -0.930. The second-order valence-corrected chi connectivity index (χ2v) is 0.644. The quantitative estimate of drug-likeness (QED) is 0.317. The Labute approximate surface area is 45.4 Å². The molecule has 4 nitrogen and oxygen atoms in total. The first kappa shape index (κ1) is 9.42. The molecule has 4 N–H and O–H groups in total. The SMILES string of the molecule is N=C=S.NC(=O)O. The number of amides is 1. The number of thiocarbonyl (C=S) groups is 1. The maximum Gasteiger partial charge on any atom is 0.402 e. The Kier molecular flexibility index (Phi) is 12.0. The number of isothiocyanates is 1. The van der Waals surface area contributed by atoms with Gasteiger partial charge in [0.2, 0.25) is 0 Å². The van der Waals surface area contributed by atoms with Crippen molar-refractivity contribution in [3.63, 3.8) is 0 Å². The second kappa shape index (κ2) is 8.91. The van der Waals surface area contributed by atoms with Crippen LogP contribution in [0.2, 0.25) is 0 Å². The summed E-state index contributed by atoms with van der Waals surface area (Å²) in [7, 11) is 0. The molecular weight excluding hydrogens is 116 g/mol. The molecule has 0 radical (unpaired) electrons. The summed E-state index contributed by atoms with van der Waals surface area (Å²) in [5.74, 6) is 0. The van der Waals surface area contributed by atoms with Gasteiger partial charge in [-0.2, -0.15) is 0 Å². The number of nitrogens with one attached hydrogen (secondary N) is 1. The Morgan fingerprint density at radius 3 is 2.00 bits per heavy atom. The molecule has 0 atom stereocenters. The predicted octanol–water partition coefficient (Wildman–Crippen LogP) is 0.291. The molecule has 0 aliphatic rings. The van der Waals surface area contributed by atoms with Crippen molar-refractivity contribution in [1.82, 2.24) is 0 Å². The van der Waals surface area contributed by atoms with Crippen LogP contribution in [0.3, 0.4) is 0 Å². The standard InChI is InChI=1S/CH3NO2.CHNS/c2-1(3)4;2-1-3/h2H2,(H,3,4);2H. The summed E-state index contributed by atoms with van der Waals surface area (Å²) in [4.78, 5) is 8.78. The average molecular weight is 120 g/mol. The lowest BCUT2D eigenvalue weighted by atomic mass is 11.3. The van der Waals surface area contributed by atoms with Crippen LogP contribution in [0.4, 0.5) is 4.79 Å². The van der Waals surface area contributed by atoms with Crippen molar-refractivity contribution in [3.05, 3.63) is 0 Å². The van der Waals surface area contributed by atoms with E-state index in [1.54, 1.807) is 5.16 Å². The van der Waals surface area contributed by atoms with E-state index in [1.807, 2.05) is 0 Å². The van der Waals surface area contributed by atoms with Crippen molar-refractivity contribution in [3.8, 4) is 0 Å². The van der Waals surface area contributed by atoms with Gasteiger partial charge in [0.15, 0.2) is 0 Å². The molecule has 0 unspecified atom stereocenters. The third-order valence-corrected chi connectivity index (χ3v) is 0. The molecule has 5 heteroatoms. The lowest BCUT2D eigenvalue weighted by Crippen LogP contribution is -2.03. The summed E-state index contributed by atoms with van der Waals surface area (Å²) >= 11 is 3.81. The van der Waals surface area contributed by atoms with Gasteiger partial charge in [-0.3, -0.25) is 0 Å². The maximum absolute atomic E-state index is 8.78. The van der Waals surface area contributed by atoms with E-state index in [1.165, 1.54) is 0 Å². The van der Waals surface area contributed by atoms with Crippen molar-refractivity contribution in [1.29, 1.82) is 5.41 Å². The highest BCUT2D eigenvalue weighted by atomic mass is 32.1. The van der Waals surface area contributed by atoms with Crippen molar-refractivity contribution < 1.29 is 9.90 Å². The lowest BCUT2D eigenvalue weighted by molar-refractivity contribution is 0.205. The molecule has 0 aromatic rings. The molecule has 0 aromatic carbocycles. The van der Waals surface area contributed by atoms with Crippen LogP contribution in [-0.2, 0) is 0 Å². The predicted molar refractivity (Wildman–Crippen MR) is 27.5 cm³/mol. The minimum absolute atomic E-state index is 1.33. The number of hydrogen-bond acceptors (Lipinski definition) is 3. The third kappa shape index (κ3) is 55.2. The summed E-state index contributed by atoms with van der Waals surface area (Å²) in [6.45, 7) is 0. The molecular formula is C2H4N2O2S. The van der Waals surface area contributed by atoms with Gasteiger partial charge in [-0.1, -0.05) is 0 Å². The minimum atomic E-state index is -1.33. The highest BCUT2D eigenvalue weighted by Crippen LogP contribution is 1.34. The van der Waals surface area contributed by atoms with E-state index in [9.17, 15) is 0 Å². The van der Waals surface area contributed by atoms with Gasteiger partial charge < -0.3 is 10.8 Å². The van der Waals surface area contributed by atoms with Crippen molar-refractivity contribution in [2.24, 2.45) is 5.73 Å². The molecule has 1 amide bonds. The van der Waals surface area contributed by atoms with Gasteiger partial charge in [0.25, 0.3) is 0 Å². The van der Waals surface area contributed by atoms with E-state index in [-0.39, 0.29) is 0 Å². The summed E-state index contributed by atoms with van der Waals surface area (Å²) in [6.07, 6.45) is -1.33.